The minimum Gasteiger partial charge on any atom is -0.467 e. The van der Waals surface area contributed by atoms with E-state index in [9.17, 15) is 25.2 Å². The van der Waals surface area contributed by atoms with Gasteiger partial charge in [0.15, 0.2) is 18.7 Å². The molecule has 14 nitrogen and oxygen atoms in total. The third-order valence-corrected chi connectivity index (χ3v) is 5.55. The number of aliphatic hydroxyl groups excluding tert-OH is 4. The van der Waals surface area contributed by atoms with Gasteiger partial charge in [0.25, 0.3) is 0 Å². The second kappa shape index (κ2) is 13.1. The maximum atomic E-state index is 12.1. The van der Waals surface area contributed by atoms with Gasteiger partial charge in [-0.2, -0.15) is 0 Å². The Bertz CT molecular complexity index is 856. The van der Waals surface area contributed by atoms with Crippen molar-refractivity contribution in [2.45, 2.75) is 61.9 Å². The van der Waals surface area contributed by atoms with Crippen LogP contribution in [0.2, 0.25) is 0 Å². The zero-order valence-electron chi connectivity index (χ0n) is 18.9. The average molecular weight is 499 g/mol. The van der Waals surface area contributed by atoms with Crippen molar-refractivity contribution in [3.8, 4) is 0 Å². The van der Waals surface area contributed by atoms with Crippen LogP contribution in [0.25, 0.3) is 10.4 Å². The molecule has 2 heterocycles. The maximum absolute atomic E-state index is 12.1. The molecule has 0 bridgehead atoms. The van der Waals surface area contributed by atoms with Crippen LogP contribution in [0.1, 0.15) is 5.56 Å². The van der Waals surface area contributed by atoms with Gasteiger partial charge >= 0.3 is 5.97 Å². The molecule has 194 valence electrons. The molecule has 2 aliphatic rings. The maximum Gasteiger partial charge on any atom is 0.337 e. The third kappa shape index (κ3) is 6.86. The largest absolute Gasteiger partial charge is 0.467 e. The second-order valence-corrected chi connectivity index (χ2v) is 7.87. The summed E-state index contributed by atoms with van der Waals surface area (Å²) in [5, 5.41) is 45.6. The summed E-state index contributed by atoms with van der Waals surface area (Å²) in [6, 6.07) is 9.22. The summed E-state index contributed by atoms with van der Waals surface area (Å²) in [7, 11) is 1.08. The molecule has 2 saturated heterocycles. The molecule has 4 N–H and O–H groups in total. The Hall–Kier alpha value is -2.36. The second-order valence-electron chi connectivity index (χ2n) is 7.87. The standard InChI is InChI=1S/C21H29N3O11/c1-30-19(29)18-15(27)17(16(28)21(35-18)31-8-7-23-24-22)34-20-14(26)13(25)12(10-33-20)32-9-11-5-3-2-4-6-11/h2-6,12-18,20-21,25-28H,7-10H2,1H3/t12-,13?,14?,15+,16?,17?,18?,20-,21-/m1/s1. The van der Waals surface area contributed by atoms with Gasteiger partial charge in [-0.1, -0.05) is 35.4 Å². The van der Waals surface area contributed by atoms with Crippen molar-refractivity contribution in [3.63, 3.8) is 0 Å². The van der Waals surface area contributed by atoms with E-state index in [1.54, 1.807) is 0 Å². The van der Waals surface area contributed by atoms with Crippen LogP contribution >= 0.6 is 0 Å². The monoisotopic (exact) mass is 499 g/mol. The van der Waals surface area contributed by atoms with E-state index in [2.05, 4.69) is 14.8 Å². The van der Waals surface area contributed by atoms with Crippen LogP contribution in [-0.4, -0.2) is 109 Å². The molecule has 14 heteroatoms. The van der Waals surface area contributed by atoms with E-state index < -0.39 is 61.3 Å². The number of carbonyl (C=O) groups excluding carboxylic acids is 1. The minimum atomic E-state index is -1.73. The number of esters is 1. The lowest BCUT2D eigenvalue weighted by molar-refractivity contribution is -0.346. The molecule has 0 spiro atoms. The molecular weight excluding hydrogens is 470 g/mol. The zero-order chi connectivity index (χ0) is 25.4. The SMILES string of the molecule is COC(=O)C1O[C@@H](OCCN=[N+]=[N-])C(O)C(O[C@H]2OC[C@@H](OCc3ccccc3)C(O)C2O)[C@@H]1O. The van der Waals surface area contributed by atoms with Crippen molar-refractivity contribution in [3.05, 3.63) is 46.3 Å². The first kappa shape index (κ1) is 27.2. The van der Waals surface area contributed by atoms with Gasteiger partial charge < -0.3 is 48.8 Å². The predicted octanol–water partition coefficient (Wildman–Crippen LogP) is -1.02. The summed E-state index contributed by atoms with van der Waals surface area (Å²) < 4.78 is 32.0. The Morgan fingerprint density at radius 2 is 1.83 bits per heavy atom. The first-order valence-electron chi connectivity index (χ1n) is 10.9. The fourth-order valence-electron chi connectivity index (χ4n) is 3.67. The number of nitrogens with zero attached hydrogens (tertiary/aromatic N) is 3. The Balaban J connectivity index is 1.64. The number of benzene rings is 1. The van der Waals surface area contributed by atoms with Crippen LogP contribution in [0, 0.1) is 0 Å². The summed E-state index contributed by atoms with van der Waals surface area (Å²) in [5.41, 5.74) is 9.22. The molecule has 3 rings (SSSR count). The van der Waals surface area contributed by atoms with E-state index in [1.165, 1.54) is 0 Å². The van der Waals surface area contributed by atoms with Crippen LogP contribution in [-0.2, 0) is 39.8 Å². The molecule has 0 amide bonds. The smallest absolute Gasteiger partial charge is 0.337 e. The predicted molar refractivity (Wildman–Crippen MR) is 114 cm³/mol. The van der Waals surface area contributed by atoms with Crippen molar-refractivity contribution in [2.24, 2.45) is 5.11 Å². The van der Waals surface area contributed by atoms with E-state index in [0.717, 1.165) is 12.7 Å². The van der Waals surface area contributed by atoms with Crippen LogP contribution < -0.4 is 0 Å². The van der Waals surface area contributed by atoms with E-state index >= 15 is 0 Å². The third-order valence-electron chi connectivity index (χ3n) is 5.55. The van der Waals surface area contributed by atoms with Crippen LogP contribution in [0.15, 0.2) is 35.4 Å². The summed E-state index contributed by atoms with van der Waals surface area (Å²) >= 11 is 0. The average Bonchev–Trinajstić information content (AvgIpc) is 2.87. The quantitative estimate of drug-likeness (QED) is 0.101. The van der Waals surface area contributed by atoms with Gasteiger partial charge in [0.05, 0.1) is 26.9 Å². The molecule has 0 aliphatic carbocycles. The van der Waals surface area contributed by atoms with Gasteiger partial charge in [0.1, 0.15) is 36.6 Å². The highest BCUT2D eigenvalue weighted by atomic mass is 16.7. The van der Waals surface area contributed by atoms with Crippen molar-refractivity contribution in [2.75, 3.05) is 26.9 Å². The summed E-state index contributed by atoms with van der Waals surface area (Å²) in [5.74, 6) is -0.957. The van der Waals surface area contributed by atoms with Crippen LogP contribution in [0.5, 0.6) is 0 Å². The lowest BCUT2D eigenvalue weighted by Crippen LogP contribution is -2.64. The lowest BCUT2D eigenvalue weighted by atomic mass is 9.98. The number of methoxy groups -OCH3 is 1. The topological polar surface area (TPSA) is 202 Å². The van der Waals surface area contributed by atoms with E-state index in [1.807, 2.05) is 30.3 Å². The van der Waals surface area contributed by atoms with E-state index in [4.69, 9.17) is 29.2 Å². The van der Waals surface area contributed by atoms with Gasteiger partial charge in [0, 0.05) is 11.5 Å². The van der Waals surface area contributed by atoms with Crippen molar-refractivity contribution < 1.29 is 53.6 Å². The Kier molecular flexibility index (Phi) is 10.2. The number of carbonyl (C=O) groups is 1. The normalized spacial score (nSPS) is 35.2. The number of ether oxygens (including phenoxy) is 6. The van der Waals surface area contributed by atoms with Crippen molar-refractivity contribution >= 4 is 5.97 Å². The highest BCUT2D eigenvalue weighted by molar-refractivity contribution is 5.75. The van der Waals surface area contributed by atoms with E-state index in [-0.39, 0.29) is 26.4 Å². The van der Waals surface area contributed by atoms with Crippen LogP contribution in [0.4, 0.5) is 0 Å². The van der Waals surface area contributed by atoms with Gasteiger partial charge in [0.2, 0.25) is 0 Å². The number of azide groups is 1. The molecule has 0 saturated carbocycles. The fraction of sp³-hybridized carbons (Fsp3) is 0.667. The molecule has 0 radical (unpaired) electrons. The van der Waals surface area contributed by atoms with Gasteiger partial charge in [-0.15, -0.1) is 0 Å². The Morgan fingerprint density at radius 1 is 1.09 bits per heavy atom. The molecule has 9 atom stereocenters. The molecule has 1 aromatic rings. The summed E-state index contributed by atoms with van der Waals surface area (Å²) in [6.07, 6.45) is -13.3. The molecule has 35 heavy (non-hydrogen) atoms. The first-order chi connectivity index (χ1) is 16.9. The Labute approximate surface area is 200 Å². The molecular formula is C21H29N3O11. The summed E-state index contributed by atoms with van der Waals surface area (Å²) in [6.45, 7) is -0.222. The number of rotatable bonds is 10. The van der Waals surface area contributed by atoms with Gasteiger partial charge in [-0.05, 0) is 11.1 Å². The molecule has 2 aliphatic heterocycles. The molecule has 5 unspecified atom stereocenters. The van der Waals surface area contributed by atoms with Gasteiger partial charge in [-0.3, -0.25) is 0 Å². The Morgan fingerprint density at radius 3 is 2.51 bits per heavy atom. The number of hydrogen-bond acceptors (Lipinski definition) is 12. The lowest BCUT2D eigenvalue weighted by Gasteiger charge is -2.44. The molecule has 1 aromatic carbocycles. The van der Waals surface area contributed by atoms with Crippen molar-refractivity contribution in [1.82, 2.24) is 0 Å². The van der Waals surface area contributed by atoms with Gasteiger partial charge in [-0.25, -0.2) is 4.79 Å². The molecule has 2 fully saturated rings. The van der Waals surface area contributed by atoms with E-state index in [0.29, 0.717) is 0 Å². The van der Waals surface area contributed by atoms with Crippen molar-refractivity contribution in [1.29, 1.82) is 0 Å². The van der Waals surface area contributed by atoms with Crippen LogP contribution in [0.3, 0.4) is 0 Å². The highest BCUT2D eigenvalue weighted by Crippen LogP contribution is 2.29. The first-order valence-corrected chi connectivity index (χ1v) is 10.9. The minimum absolute atomic E-state index is 0.0823. The number of aliphatic hydroxyl groups is 4. The molecule has 0 aromatic heterocycles. The highest BCUT2D eigenvalue weighted by Gasteiger charge is 2.52. The number of hydrogen-bond donors (Lipinski definition) is 4. The fourth-order valence-corrected chi connectivity index (χ4v) is 3.67. The zero-order valence-corrected chi connectivity index (χ0v) is 18.9. The summed E-state index contributed by atoms with van der Waals surface area (Å²) in [4.78, 5) is 14.7.